The molecule has 1 N–H and O–H groups in total. The maximum atomic E-state index is 11.4. The molecule has 0 aromatic heterocycles. The molecule has 2 heterocycles. The van der Waals surface area contributed by atoms with Crippen LogP contribution in [0, 0.1) is 5.92 Å². The zero-order valence-electron chi connectivity index (χ0n) is 6.84. The third-order valence-corrected chi connectivity index (χ3v) is 2.75. The van der Waals surface area contributed by atoms with Gasteiger partial charge in [0, 0.05) is 19.6 Å². The minimum atomic E-state index is 0.286. The zero-order chi connectivity index (χ0) is 7.84. The maximum absolute atomic E-state index is 11.4. The van der Waals surface area contributed by atoms with Gasteiger partial charge in [0.05, 0.1) is 5.92 Å². The topological polar surface area (TPSA) is 32.3 Å². The fraction of sp³-hybridized carbons (Fsp3) is 0.875. The first-order valence-electron chi connectivity index (χ1n) is 4.27. The molecule has 1 amide bonds. The van der Waals surface area contributed by atoms with Gasteiger partial charge in [-0.15, -0.1) is 0 Å². The summed E-state index contributed by atoms with van der Waals surface area (Å²) < 4.78 is 0. The zero-order valence-corrected chi connectivity index (χ0v) is 6.84. The Hall–Kier alpha value is -0.570. The van der Waals surface area contributed by atoms with E-state index in [9.17, 15) is 4.79 Å². The predicted octanol–water partition coefficient (Wildman–Crippen LogP) is -0.173. The van der Waals surface area contributed by atoms with E-state index < -0.39 is 0 Å². The van der Waals surface area contributed by atoms with Gasteiger partial charge < -0.3 is 10.2 Å². The van der Waals surface area contributed by atoms with Crippen LogP contribution in [0.5, 0.6) is 0 Å². The Morgan fingerprint density at radius 3 is 3.18 bits per heavy atom. The standard InChI is InChI=1S/C8H14N2O/c1-10-5-7-6(8(10)11)3-2-4-9-7/h6-7,9H,2-5H2,1H3/t6-,7+/m1/s1. The number of rotatable bonds is 0. The van der Waals surface area contributed by atoms with E-state index in [4.69, 9.17) is 0 Å². The summed E-state index contributed by atoms with van der Waals surface area (Å²) in [7, 11) is 1.89. The minimum Gasteiger partial charge on any atom is -0.344 e. The van der Waals surface area contributed by atoms with E-state index in [1.807, 2.05) is 11.9 Å². The summed E-state index contributed by atoms with van der Waals surface area (Å²) in [5.41, 5.74) is 0. The highest BCUT2D eigenvalue weighted by Crippen LogP contribution is 2.24. The summed E-state index contributed by atoms with van der Waals surface area (Å²) in [5.74, 6) is 0.621. The van der Waals surface area contributed by atoms with Gasteiger partial charge in [-0.1, -0.05) is 0 Å². The number of piperidine rings is 1. The Balaban J connectivity index is 2.11. The van der Waals surface area contributed by atoms with Crippen molar-refractivity contribution in [2.45, 2.75) is 18.9 Å². The first-order chi connectivity index (χ1) is 5.29. The number of likely N-dealkylation sites (N-methyl/N-ethyl adjacent to an activating group) is 1. The molecule has 62 valence electrons. The average molecular weight is 154 g/mol. The van der Waals surface area contributed by atoms with E-state index in [1.54, 1.807) is 0 Å². The second-order valence-electron chi connectivity index (χ2n) is 3.53. The number of hydrogen-bond acceptors (Lipinski definition) is 2. The van der Waals surface area contributed by atoms with Crippen molar-refractivity contribution in [3.05, 3.63) is 0 Å². The summed E-state index contributed by atoms with van der Waals surface area (Å²) >= 11 is 0. The molecule has 3 nitrogen and oxygen atoms in total. The molecule has 0 unspecified atom stereocenters. The molecule has 2 aliphatic heterocycles. The van der Waals surface area contributed by atoms with Crippen LogP contribution >= 0.6 is 0 Å². The van der Waals surface area contributed by atoms with Gasteiger partial charge in [0.25, 0.3) is 0 Å². The summed E-state index contributed by atoms with van der Waals surface area (Å²) in [6.45, 7) is 1.99. The lowest BCUT2D eigenvalue weighted by Crippen LogP contribution is -2.41. The number of nitrogens with one attached hydrogen (secondary N) is 1. The number of hydrogen-bond donors (Lipinski definition) is 1. The van der Waals surface area contributed by atoms with Crippen molar-refractivity contribution in [3.63, 3.8) is 0 Å². The Bertz CT molecular complexity index is 181. The first-order valence-corrected chi connectivity index (χ1v) is 4.27. The molecular formula is C8H14N2O. The van der Waals surface area contributed by atoms with E-state index in [2.05, 4.69) is 5.32 Å². The number of likely N-dealkylation sites (tertiary alicyclic amines) is 1. The van der Waals surface area contributed by atoms with Crippen LogP contribution in [0.2, 0.25) is 0 Å². The molecule has 0 aromatic carbocycles. The highest BCUT2D eigenvalue weighted by molar-refractivity contribution is 5.81. The van der Waals surface area contributed by atoms with E-state index in [-0.39, 0.29) is 5.92 Å². The van der Waals surface area contributed by atoms with Gasteiger partial charge in [0.2, 0.25) is 5.91 Å². The summed E-state index contributed by atoms with van der Waals surface area (Å²) in [6, 6.07) is 0.446. The van der Waals surface area contributed by atoms with E-state index in [0.717, 1.165) is 25.9 Å². The van der Waals surface area contributed by atoms with Gasteiger partial charge in [-0.3, -0.25) is 4.79 Å². The molecule has 2 atom stereocenters. The number of nitrogens with zero attached hydrogens (tertiary/aromatic N) is 1. The molecule has 0 saturated carbocycles. The molecule has 2 saturated heterocycles. The lowest BCUT2D eigenvalue weighted by molar-refractivity contribution is -0.130. The minimum absolute atomic E-state index is 0.286. The van der Waals surface area contributed by atoms with Crippen LogP contribution in [0.4, 0.5) is 0 Å². The van der Waals surface area contributed by atoms with Crippen molar-refractivity contribution < 1.29 is 4.79 Å². The van der Waals surface area contributed by atoms with E-state index >= 15 is 0 Å². The van der Waals surface area contributed by atoms with Crippen LogP contribution in [-0.4, -0.2) is 37.0 Å². The molecule has 2 rings (SSSR count). The van der Waals surface area contributed by atoms with Gasteiger partial charge >= 0.3 is 0 Å². The van der Waals surface area contributed by atoms with Gasteiger partial charge in [-0.05, 0) is 19.4 Å². The lowest BCUT2D eigenvalue weighted by atomic mass is 9.94. The van der Waals surface area contributed by atoms with Crippen LogP contribution in [-0.2, 0) is 4.79 Å². The molecular weight excluding hydrogens is 140 g/mol. The van der Waals surface area contributed by atoms with Crippen LogP contribution < -0.4 is 5.32 Å². The third kappa shape index (κ3) is 1.03. The van der Waals surface area contributed by atoms with E-state index in [1.165, 1.54) is 0 Å². The quantitative estimate of drug-likeness (QED) is 0.525. The van der Waals surface area contributed by atoms with Gasteiger partial charge in [-0.25, -0.2) is 0 Å². The van der Waals surface area contributed by atoms with Crippen LogP contribution in [0.15, 0.2) is 0 Å². The maximum Gasteiger partial charge on any atom is 0.227 e. The fourth-order valence-electron chi connectivity index (χ4n) is 2.11. The molecule has 2 aliphatic rings. The number of amides is 1. The SMILES string of the molecule is CN1C[C@@H]2NCCC[C@H]2C1=O. The van der Waals surface area contributed by atoms with Crippen LogP contribution in [0.1, 0.15) is 12.8 Å². The van der Waals surface area contributed by atoms with Crippen molar-refractivity contribution in [2.24, 2.45) is 5.92 Å². The third-order valence-electron chi connectivity index (χ3n) is 2.75. The van der Waals surface area contributed by atoms with Crippen molar-refractivity contribution in [1.82, 2.24) is 10.2 Å². The van der Waals surface area contributed by atoms with Gasteiger partial charge in [0.15, 0.2) is 0 Å². The fourth-order valence-corrected chi connectivity index (χ4v) is 2.11. The normalized spacial score (nSPS) is 37.5. The first kappa shape index (κ1) is 7.10. The largest absolute Gasteiger partial charge is 0.344 e. The van der Waals surface area contributed by atoms with Crippen molar-refractivity contribution >= 4 is 5.91 Å². The molecule has 2 fully saturated rings. The van der Waals surface area contributed by atoms with E-state index in [0.29, 0.717) is 11.9 Å². The second-order valence-corrected chi connectivity index (χ2v) is 3.53. The van der Waals surface area contributed by atoms with Crippen molar-refractivity contribution in [2.75, 3.05) is 20.1 Å². The smallest absolute Gasteiger partial charge is 0.227 e. The average Bonchev–Trinajstić information content (AvgIpc) is 2.30. The molecule has 0 radical (unpaired) electrons. The number of carbonyl (C=O) groups excluding carboxylic acids is 1. The highest BCUT2D eigenvalue weighted by atomic mass is 16.2. The van der Waals surface area contributed by atoms with Gasteiger partial charge in [0.1, 0.15) is 0 Å². The number of fused-ring (bicyclic) bond motifs is 1. The molecule has 0 bridgehead atoms. The molecule has 0 spiro atoms. The number of carbonyl (C=O) groups is 1. The van der Waals surface area contributed by atoms with Gasteiger partial charge in [-0.2, -0.15) is 0 Å². The lowest BCUT2D eigenvalue weighted by Gasteiger charge is -2.23. The summed E-state index contributed by atoms with van der Waals surface area (Å²) in [6.07, 6.45) is 2.24. The Morgan fingerprint density at radius 1 is 1.64 bits per heavy atom. The predicted molar refractivity (Wildman–Crippen MR) is 42.2 cm³/mol. The highest BCUT2D eigenvalue weighted by Gasteiger charge is 2.39. The monoisotopic (exact) mass is 154 g/mol. The van der Waals surface area contributed by atoms with Crippen LogP contribution in [0.3, 0.4) is 0 Å². The second kappa shape index (κ2) is 2.48. The molecule has 3 heteroatoms. The molecule has 0 aromatic rings. The Labute approximate surface area is 66.8 Å². The van der Waals surface area contributed by atoms with Crippen LogP contribution in [0.25, 0.3) is 0 Å². The Morgan fingerprint density at radius 2 is 2.45 bits per heavy atom. The van der Waals surface area contributed by atoms with Crippen molar-refractivity contribution in [3.8, 4) is 0 Å². The molecule has 0 aliphatic carbocycles. The molecule has 11 heavy (non-hydrogen) atoms. The summed E-state index contributed by atoms with van der Waals surface area (Å²) in [4.78, 5) is 13.3. The Kier molecular flexibility index (Phi) is 1.60. The summed E-state index contributed by atoms with van der Waals surface area (Å²) in [5, 5.41) is 3.38. The van der Waals surface area contributed by atoms with Crippen molar-refractivity contribution in [1.29, 1.82) is 0 Å².